The van der Waals surface area contributed by atoms with Crippen LogP contribution in [0.5, 0.6) is 5.75 Å². The Morgan fingerprint density at radius 1 is 1.48 bits per heavy atom. The molecule has 0 bridgehead atoms. The maximum atomic E-state index is 12.5. The summed E-state index contributed by atoms with van der Waals surface area (Å²) in [6, 6.07) is 4.02. The van der Waals surface area contributed by atoms with Gasteiger partial charge in [0, 0.05) is 18.5 Å². The molecule has 23 heavy (non-hydrogen) atoms. The van der Waals surface area contributed by atoms with Gasteiger partial charge in [0.25, 0.3) is 11.6 Å². The molecule has 2 rings (SSSR count). The standard InChI is InChI=1S/C17H20N2O4/c1-3-6-12-7-4-5-8-15(12)18-17(20)14-10-9-13(19(21)22)11-16(14)23-2/h1,9-12,15H,4-8H2,2H3,(H,18,20)/t12-,15+/m0/s1. The highest BCUT2D eigenvalue weighted by Crippen LogP contribution is 2.29. The third kappa shape index (κ3) is 4.01. The molecule has 6 heteroatoms. The van der Waals surface area contributed by atoms with Crippen LogP contribution in [0.1, 0.15) is 42.5 Å². The van der Waals surface area contributed by atoms with Crippen molar-refractivity contribution in [2.45, 2.75) is 38.1 Å². The van der Waals surface area contributed by atoms with Crippen LogP contribution in [-0.2, 0) is 0 Å². The van der Waals surface area contributed by atoms with E-state index < -0.39 is 4.92 Å². The number of hydrogen-bond acceptors (Lipinski definition) is 4. The van der Waals surface area contributed by atoms with Crippen molar-refractivity contribution in [2.75, 3.05) is 7.11 Å². The monoisotopic (exact) mass is 316 g/mol. The number of nitro benzene ring substituents is 1. The summed E-state index contributed by atoms with van der Waals surface area (Å²) in [6.45, 7) is 0. The largest absolute Gasteiger partial charge is 0.496 e. The Morgan fingerprint density at radius 2 is 2.22 bits per heavy atom. The van der Waals surface area contributed by atoms with Crippen molar-refractivity contribution in [2.24, 2.45) is 5.92 Å². The van der Waals surface area contributed by atoms with Crippen LogP contribution in [0.2, 0.25) is 0 Å². The Morgan fingerprint density at radius 3 is 2.87 bits per heavy atom. The molecule has 1 amide bonds. The molecule has 0 unspecified atom stereocenters. The zero-order chi connectivity index (χ0) is 16.8. The number of methoxy groups -OCH3 is 1. The zero-order valence-electron chi connectivity index (χ0n) is 13.1. The molecule has 0 radical (unpaired) electrons. The predicted octanol–water partition coefficient (Wildman–Crippen LogP) is 2.92. The van der Waals surface area contributed by atoms with Gasteiger partial charge in [-0.3, -0.25) is 14.9 Å². The fourth-order valence-electron chi connectivity index (χ4n) is 3.02. The van der Waals surface area contributed by atoms with Gasteiger partial charge in [-0.15, -0.1) is 12.3 Å². The van der Waals surface area contributed by atoms with E-state index >= 15 is 0 Å². The summed E-state index contributed by atoms with van der Waals surface area (Å²) < 4.78 is 5.12. The van der Waals surface area contributed by atoms with E-state index in [9.17, 15) is 14.9 Å². The molecule has 122 valence electrons. The van der Waals surface area contributed by atoms with E-state index in [-0.39, 0.29) is 29.3 Å². The van der Waals surface area contributed by atoms with Gasteiger partial charge in [-0.2, -0.15) is 0 Å². The van der Waals surface area contributed by atoms with E-state index in [0.29, 0.717) is 12.0 Å². The Bertz CT molecular complexity index is 636. The summed E-state index contributed by atoms with van der Waals surface area (Å²) in [6.07, 6.45) is 10.1. The van der Waals surface area contributed by atoms with E-state index in [4.69, 9.17) is 11.2 Å². The van der Waals surface area contributed by atoms with Crippen molar-refractivity contribution in [3.05, 3.63) is 33.9 Å². The molecule has 1 aliphatic carbocycles. The second-order valence-corrected chi connectivity index (χ2v) is 5.67. The number of carbonyl (C=O) groups is 1. The van der Waals surface area contributed by atoms with Crippen molar-refractivity contribution in [3.63, 3.8) is 0 Å². The minimum Gasteiger partial charge on any atom is -0.496 e. The van der Waals surface area contributed by atoms with Crippen molar-refractivity contribution < 1.29 is 14.5 Å². The normalized spacial score (nSPS) is 20.3. The first-order valence-corrected chi connectivity index (χ1v) is 7.63. The van der Waals surface area contributed by atoms with Crippen LogP contribution in [0, 0.1) is 28.4 Å². The lowest BCUT2D eigenvalue weighted by Crippen LogP contribution is -2.42. The molecule has 0 heterocycles. The van der Waals surface area contributed by atoms with Gasteiger partial charge in [0.1, 0.15) is 5.75 Å². The number of benzene rings is 1. The topological polar surface area (TPSA) is 81.5 Å². The summed E-state index contributed by atoms with van der Waals surface area (Å²) in [5.74, 6) is 2.86. The molecule has 6 nitrogen and oxygen atoms in total. The number of amides is 1. The predicted molar refractivity (Wildman–Crippen MR) is 86.3 cm³/mol. The van der Waals surface area contributed by atoms with Gasteiger partial charge in [0.05, 0.1) is 23.7 Å². The first-order valence-electron chi connectivity index (χ1n) is 7.63. The lowest BCUT2D eigenvalue weighted by Gasteiger charge is -2.31. The van der Waals surface area contributed by atoms with Gasteiger partial charge in [-0.05, 0) is 24.8 Å². The number of hydrogen-bond donors (Lipinski definition) is 1. The Kier molecular flexibility index (Phi) is 5.58. The van der Waals surface area contributed by atoms with Gasteiger partial charge in [-0.1, -0.05) is 12.8 Å². The van der Waals surface area contributed by atoms with Crippen molar-refractivity contribution in [1.29, 1.82) is 0 Å². The number of terminal acetylenes is 1. The SMILES string of the molecule is C#CC[C@H]1CCCC[C@H]1NC(=O)c1ccc([N+](=O)[O-])cc1OC. The third-order valence-corrected chi connectivity index (χ3v) is 4.25. The first-order chi connectivity index (χ1) is 11.1. The van der Waals surface area contributed by atoms with Crippen LogP contribution in [0.3, 0.4) is 0 Å². The number of ether oxygens (including phenoxy) is 1. The van der Waals surface area contributed by atoms with Gasteiger partial charge in [0.15, 0.2) is 0 Å². The lowest BCUT2D eigenvalue weighted by molar-refractivity contribution is -0.384. The fourth-order valence-corrected chi connectivity index (χ4v) is 3.02. The molecule has 1 aromatic carbocycles. The Hall–Kier alpha value is -2.55. The summed E-state index contributed by atoms with van der Waals surface area (Å²) in [5.41, 5.74) is 0.185. The molecular weight excluding hydrogens is 296 g/mol. The number of rotatable bonds is 5. The van der Waals surface area contributed by atoms with Crippen LogP contribution in [0.25, 0.3) is 0 Å². The number of non-ortho nitro benzene ring substituents is 1. The molecule has 0 aliphatic heterocycles. The van der Waals surface area contributed by atoms with E-state index in [1.807, 2.05) is 0 Å². The van der Waals surface area contributed by atoms with Crippen LogP contribution in [0.15, 0.2) is 18.2 Å². The molecule has 1 aromatic rings. The number of nitrogens with zero attached hydrogens (tertiary/aromatic N) is 1. The maximum Gasteiger partial charge on any atom is 0.273 e. The molecule has 0 spiro atoms. The van der Waals surface area contributed by atoms with Gasteiger partial charge >= 0.3 is 0 Å². The summed E-state index contributed by atoms with van der Waals surface area (Å²) >= 11 is 0. The molecule has 1 saturated carbocycles. The average Bonchev–Trinajstić information content (AvgIpc) is 2.56. The minimum atomic E-state index is -0.520. The van der Waals surface area contributed by atoms with E-state index in [0.717, 1.165) is 25.7 Å². The van der Waals surface area contributed by atoms with E-state index in [1.165, 1.54) is 25.3 Å². The Balaban J connectivity index is 2.16. The second-order valence-electron chi connectivity index (χ2n) is 5.67. The first kappa shape index (κ1) is 16.8. The van der Waals surface area contributed by atoms with Crippen molar-refractivity contribution >= 4 is 11.6 Å². The summed E-state index contributed by atoms with van der Waals surface area (Å²) in [7, 11) is 1.39. The van der Waals surface area contributed by atoms with Gasteiger partial charge in [-0.25, -0.2) is 0 Å². The van der Waals surface area contributed by atoms with Crippen LogP contribution in [-0.4, -0.2) is 24.0 Å². The zero-order valence-corrected chi connectivity index (χ0v) is 13.1. The summed E-state index contributed by atoms with van der Waals surface area (Å²) in [5, 5.41) is 13.8. The fraction of sp³-hybridized carbons (Fsp3) is 0.471. The van der Waals surface area contributed by atoms with Crippen molar-refractivity contribution in [3.8, 4) is 18.1 Å². The quantitative estimate of drug-likeness (QED) is 0.514. The third-order valence-electron chi connectivity index (χ3n) is 4.25. The Labute approximate surface area is 135 Å². The molecule has 0 aromatic heterocycles. The van der Waals surface area contributed by atoms with Gasteiger partial charge in [0.2, 0.25) is 0 Å². The maximum absolute atomic E-state index is 12.5. The number of nitrogens with one attached hydrogen (secondary N) is 1. The van der Waals surface area contributed by atoms with E-state index in [1.54, 1.807) is 0 Å². The molecule has 2 atom stereocenters. The van der Waals surface area contributed by atoms with Crippen LogP contribution >= 0.6 is 0 Å². The molecule has 1 fully saturated rings. The summed E-state index contributed by atoms with van der Waals surface area (Å²) in [4.78, 5) is 22.8. The molecule has 1 aliphatic rings. The average molecular weight is 316 g/mol. The lowest BCUT2D eigenvalue weighted by atomic mass is 9.82. The highest BCUT2D eigenvalue weighted by Gasteiger charge is 2.27. The van der Waals surface area contributed by atoms with Crippen molar-refractivity contribution in [1.82, 2.24) is 5.32 Å². The highest BCUT2D eigenvalue weighted by atomic mass is 16.6. The van der Waals surface area contributed by atoms with Gasteiger partial charge < -0.3 is 10.1 Å². The molecule has 0 saturated heterocycles. The molecular formula is C17H20N2O4. The smallest absolute Gasteiger partial charge is 0.273 e. The minimum absolute atomic E-state index is 0.0344. The molecule has 1 N–H and O–H groups in total. The highest BCUT2D eigenvalue weighted by molar-refractivity contribution is 5.97. The van der Waals surface area contributed by atoms with Crippen LogP contribution < -0.4 is 10.1 Å². The van der Waals surface area contributed by atoms with Crippen LogP contribution in [0.4, 0.5) is 5.69 Å². The van der Waals surface area contributed by atoms with E-state index in [2.05, 4.69) is 11.2 Å². The number of nitro groups is 1. The second kappa shape index (κ2) is 7.63. The number of carbonyl (C=O) groups excluding carboxylic acids is 1.